The Hall–Kier alpha value is -0.770. The van der Waals surface area contributed by atoms with E-state index < -0.39 is 0 Å². The summed E-state index contributed by atoms with van der Waals surface area (Å²) < 4.78 is 0. The van der Waals surface area contributed by atoms with Gasteiger partial charge in [0.25, 0.3) is 0 Å². The summed E-state index contributed by atoms with van der Waals surface area (Å²) in [5.74, 6) is 2.96. The zero-order valence-electron chi connectivity index (χ0n) is 8.48. The third kappa shape index (κ3) is 4.18. The smallest absolute Gasteiger partial charge is 0.145 e. The molecule has 1 atom stereocenters. The average Bonchev–Trinajstić information content (AvgIpc) is 1.85. The fraction of sp³-hybridized carbons (Fsp3) is 0.727. The second kappa shape index (κ2) is 4.30. The van der Waals surface area contributed by atoms with Crippen molar-refractivity contribution in [3.8, 4) is 12.3 Å². The second-order valence-electron chi connectivity index (χ2n) is 4.39. The van der Waals surface area contributed by atoms with Gasteiger partial charge in [0, 0.05) is 6.42 Å². The van der Waals surface area contributed by atoms with Gasteiger partial charge >= 0.3 is 0 Å². The van der Waals surface area contributed by atoms with Crippen LogP contribution < -0.4 is 0 Å². The summed E-state index contributed by atoms with van der Waals surface area (Å²) >= 11 is 0. The lowest BCUT2D eigenvalue weighted by Gasteiger charge is -2.26. The third-order valence-corrected chi connectivity index (χ3v) is 2.31. The third-order valence-electron chi connectivity index (χ3n) is 2.31. The van der Waals surface area contributed by atoms with Crippen LogP contribution in [0.25, 0.3) is 0 Å². The van der Waals surface area contributed by atoms with E-state index in [2.05, 4.69) is 33.6 Å². The van der Waals surface area contributed by atoms with Crippen LogP contribution >= 0.6 is 0 Å². The highest BCUT2D eigenvalue weighted by molar-refractivity contribution is 5.80. The Morgan fingerprint density at radius 2 is 2.00 bits per heavy atom. The summed E-state index contributed by atoms with van der Waals surface area (Å²) in [4.78, 5) is 11.2. The number of ketones is 1. The number of carbonyl (C=O) groups is 1. The summed E-state index contributed by atoms with van der Waals surface area (Å²) in [5.41, 5.74) is 0.199. The molecule has 0 radical (unpaired) electrons. The molecule has 0 aromatic heterocycles. The summed E-state index contributed by atoms with van der Waals surface area (Å²) in [6, 6.07) is 0. The van der Waals surface area contributed by atoms with Gasteiger partial charge in [-0.15, -0.1) is 6.42 Å². The molecular formula is C11H18O. The first-order valence-electron chi connectivity index (χ1n) is 4.33. The van der Waals surface area contributed by atoms with Crippen LogP contribution in [0.3, 0.4) is 0 Å². The van der Waals surface area contributed by atoms with Gasteiger partial charge < -0.3 is 0 Å². The molecule has 68 valence electrons. The summed E-state index contributed by atoms with van der Waals surface area (Å²) in [5, 5.41) is 0. The SMILES string of the molecule is C#CCC(=O)CC(C)C(C)(C)C. The molecule has 1 heteroatoms. The Morgan fingerprint density at radius 1 is 1.50 bits per heavy atom. The minimum atomic E-state index is 0.180. The predicted octanol–water partition coefficient (Wildman–Crippen LogP) is 2.65. The fourth-order valence-electron chi connectivity index (χ4n) is 0.834. The zero-order chi connectivity index (χ0) is 9.78. The first kappa shape index (κ1) is 11.2. The van der Waals surface area contributed by atoms with Crippen molar-refractivity contribution in [2.75, 3.05) is 0 Å². The molecule has 0 saturated carbocycles. The Kier molecular flexibility index (Phi) is 4.03. The van der Waals surface area contributed by atoms with Crippen molar-refractivity contribution in [1.29, 1.82) is 0 Å². The monoisotopic (exact) mass is 166 g/mol. The number of hydrogen-bond donors (Lipinski definition) is 0. The van der Waals surface area contributed by atoms with E-state index >= 15 is 0 Å². The molecule has 0 saturated heterocycles. The van der Waals surface area contributed by atoms with Crippen molar-refractivity contribution in [3.63, 3.8) is 0 Å². The highest BCUT2D eigenvalue weighted by Crippen LogP contribution is 2.28. The fourth-order valence-corrected chi connectivity index (χ4v) is 0.834. The molecule has 0 fully saturated rings. The average molecular weight is 166 g/mol. The van der Waals surface area contributed by atoms with Gasteiger partial charge in [-0.1, -0.05) is 33.6 Å². The maximum atomic E-state index is 11.2. The number of rotatable bonds is 3. The van der Waals surface area contributed by atoms with Gasteiger partial charge in [0.2, 0.25) is 0 Å². The van der Waals surface area contributed by atoms with Crippen LogP contribution in [0.15, 0.2) is 0 Å². The topological polar surface area (TPSA) is 17.1 Å². The Bertz CT molecular complexity index is 190. The Morgan fingerprint density at radius 3 is 2.33 bits per heavy atom. The number of hydrogen-bond acceptors (Lipinski definition) is 1. The predicted molar refractivity (Wildman–Crippen MR) is 51.7 cm³/mol. The van der Waals surface area contributed by atoms with Crippen LogP contribution in [0.2, 0.25) is 0 Å². The van der Waals surface area contributed by atoms with Gasteiger partial charge in [0.05, 0.1) is 6.42 Å². The van der Waals surface area contributed by atoms with Gasteiger partial charge in [-0.25, -0.2) is 0 Å². The van der Waals surface area contributed by atoms with E-state index in [1.54, 1.807) is 0 Å². The van der Waals surface area contributed by atoms with Gasteiger partial charge in [0.15, 0.2) is 0 Å². The largest absolute Gasteiger partial charge is 0.299 e. The van der Waals surface area contributed by atoms with Gasteiger partial charge in [-0.3, -0.25) is 4.79 Å². The lowest BCUT2D eigenvalue weighted by atomic mass is 9.79. The molecule has 12 heavy (non-hydrogen) atoms. The van der Waals surface area contributed by atoms with E-state index in [9.17, 15) is 4.79 Å². The number of Topliss-reactive ketones (excluding diaryl/α,β-unsaturated/α-hetero) is 1. The van der Waals surface area contributed by atoms with Crippen LogP contribution in [0.4, 0.5) is 0 Å². The Labute approximate surface area is 75.5 Å². The Balaban J connectivity index is 3.95. The van der Waals surface area contributed by atoms with E-state index in [4.69, 9.17) is 6.42 Å². The maximum absolute atomic E-state index is 11.2. The molecule has 1 nitrogen and oxygen atoms in total. The van der Waals surface area contributed by atoms with Gasteiger partial charge in [-0.05, 0) is 11.3 Å². The van der Waals surface area contributed by atoms with E-state index in [1.165, 1.54) is 0 Å². The molecule has 0 rings (SSSR count). The molecule has 0 amide bonds. The molecule has 0 aliphatic rings. The van der Waals surface area contributed by atoms with Crippen molar-refractivity contribution in [1.82, 2.24) is 0 Å². The van der Waals surface area contributed by atoms with Crippen LogP contribution in [0.5, 0.6) is 0 Å². The van der Waals surface area contributed by atoms with Crippen molar-refractivity contribution in [2.45, 2.75) is 40.5 Å². The molecule has 1 unspecified atom stereocenters. The number of carbonyl (C=O) groups excluding carboxylic acids is 1. The van der Waals surface area contributed by atoms with Crippen molar-refractivity contribution >= 4 is 5.78 Å². The molecule has 0 aliphatic heterocycles. The van der Waals surface area contributed by atoms with E-state index in [0.29, 0.717) is 12.3 Å². The van der Waals surface area contributed by atoms with Gasteiger partial charge in [-0.2, -0.15) is 0 Å². The maximum Gasteiger partial charge on any atom is 0.145 e. The van der Waals surface area contributed by atoms with Crippen LogP contribution in [0.1, 0.15) is 40.5 Å². The summed E-state index contributed by atoms with van der Waals surface area (Å²) in [7, 11) is 0. The molecule has 0 aromatic rings. The minimum Gasteiger partial charge on any atom is -0.299 e. The lowest BCUT2D eigenvalue weighted by Crippen LogP contribution is -2.20. The molecule has 0 bridgehead atoms. The second-order valence-corrected chi connectivity index (χ2v) is 4.39. The summed E-state index contributed by atoms with van der Waals surface area (Å²) in [6.45, 7) is 8.51. The minimum absolute atomic E-state index is 0.180. The highest BCUT2D eigenvalue weighted by atomic mass is 16.1. The molecule has 0 aromatic carbocycles. The highest BCUT2D eigenvalue weighted by Gasteiger charge is 2.21. The van der Waals surface area contributed by atoms with Crippen molar-refractivity contribution in [2.24, 2.45) is 11.3 Å². The van der Waals surface area contributed by atoms with E-state index in [1.807, 2.05) is 0 Å². The zero-order valence-corrected chi connectivity index (χ0v) is 8.48. The van der Waals surface area contributed by atoms with E-state index in [-0.39, 0.29) is 17.6 Å². The van der Waals surface area contributed by atoms with Crippen LogP contribution in [0, 0.1) is 23.7 Å². The summed E-state index contributed by atoms with van der Waals surface area (Å²) in [6.07, 6.45) is 5.93. The first-order valence-corrected chi connectivity index (χ1v) is 4.33. The molecule has 0 spiro atoms. The van der Waals surface area contributed by atoms with Gasteiger partial charge in [0.1, 0.15) is 5.78 Å². The van der Waals surface area contributed by atoms with Crippen molar-refractivity contribution < 1.29 is 4.79 Å². The quantitative estimate of drug-likeness (QED) is 0.589. The number of terminal acetylenes is 1. The van der Waals surface area contributed by atoms with Crippen LogP contribution in [-0.4, -0.2) is 5.78 Å². The van der Waals surface area contributed by atoms with Crippen molar-refractivity contribution in [3.05, 3.63) is 0 Å². The molecular weight excluding hydrogens is 148 g/mol. The lowest BCUT2D eigenvalue weighted by molar-refractivity contribution is -0.119. The van der Waals surface area contributed by atoms with Crippen LogP contribution in [-0.2, 0) is 4.79 Å². The molecule has 0 aliphatic carbocycles. The standard InChI is InChI=1S/C11H18O/c1-6-7-10(12)8-9(2)11(3,4)5/h1,9H,7-8H2,2-5H3. The first-order chi connectivity index (χ1) is 5.38. The molecule has 0 N–H and O–H groups in total. The normalized spacial score (nSPS) is 13.6. The molecule has 0 heterocycles. The van der Waals surface area contributed by atoms with E-state index in [0.717, 1.165) is 0 Å².